The molecule has 0 radical (unpaired) electrons. The predicted octanol–water partition coefficient (Wildman–Crippen LogP) is 4.12. The molecule has 1 fully saturated rings. The molecule has 0 aliphatic carbocycles. The molecular weight excluding hydrogens is 360 g/mol. The molecule has 4 heteroatoms. The number of carbonyl (C=O) groups is 2. The molecule has 29 heavy (non-hydrogen) atoms. The van der Waals surface area contributed by atoms with Crippen LogP contribution in [0.4, 0.5) is 0 Å². The molecular formula is C25H32N2O2. The molecule has 2 aromatic carbocycles. The van der Waals surface area contributed by atoms with Crippen LogP contribution in [0.25, 0.3) is 0 Å². The molecule has 1 aliphatic rings. The van der Waals surface area contributed by atoms with Crippen LogP contribution in [0.1, 0.15) is 51.3 Å². The molecule has 1 saturated heterocycles. The van der Waals surface area contributed by atoms with E-state index in [1.807, 2.05) is 50.2 Å². The second-order valence-corrected chi connectivity index (χ2v) is 8.88. The Morgan fingerprint density at radius 1 is 1.00 bits per heavy atom. The summed E-state index contributed by atoms with van der Waals surface area (Å²) in [6, 6.07) is 20.5. The monoisotopic (exact) mass is 392 g/mol. The Labute approximate surface area is 174 Å². The molecule has 1 amide bonds. The minimum atomic E-state index is -0.557. The number of amides is 1. The Morgan fingerprint density at radius 3 is 2.00 bits per heavy atom. The summed E-state index contributed by atoms with van der Waals surface area (Å²) in [5.41, 5.74) is 1.97. The van der Waals surface area contributed by atoms with Gasteiger partial charge in [-0.05, 0) is 30.9 Å². The van der Waals surface area contributed by atoms with Gasteiger partial charge in [-0.1, -0.05) is 74.5 Å². The third-order valence-corrected chi connectivity index (χ3v) is 5.97. The minimum absolute atomic E-state index is 0.0138. The van der Waals surface area contributed by atoms with E-state index < -0.39 is 5.92 Å². The van der Waals surface area contributed by atoms with E-state index in [0.29, 0.717) is 13.0 Å². The van der Waals surface area contributed by atoms with E-state index in [-0.39, 0.29) is 35.1 Å². The van der Waals surface area contributed by atoms with Gasteiger partial charge in [-0.3, -0.25) is 9.59 Å². The summed E-state index contributed by atoms with van der Waals surface area (Å²) in [4.78, 5) is 25.5. The van der Waals surface area contributed by atoms with Gasteiger partial charge in [-0.2, -0.15) is 0 Å². The summed E-state index contributed by atoms with van der Waals surface area (Å²) < 4.78 is 0. The first-order valence-corrected chi connectivity index (χ1v) is 10.5. The molecule has 0 aromatic heterocycles. The number of carbonyl (C=O) groups excluding carboxylic acids is 2. The summed E-state index contributed by atoms with van der Waals surface area (Å²) in [5, 5.41) is 6.56. The van der Waals surface area contributed by atoms with E-state index in [0.717, 1.165) is 11.1 Å². The molecule has 4 nitrogen and oxygen atoms in total. The van der Waals surface area contributed by atoms with Crippen LogP contribution in [0.3, 0.4) is 0 Å². The van der Waals surface area contributed by atoms with E-state index in [4.69, 9.17) is 0 Å². The highest BCUT2D eigenvalue weighted by Gasteiger charge is 2.51. The highest BCUT2D eigenvalue weighted by atomic mass is 16.2. The van der Waals surface area contributed by atoms with Gasteiger partial charge in [0.15, 0.2) is 0 Å². The summed E-state index contributed by atoms with van der Waals surface area (Å²) in [5.74, 6) is -0.381. The quantitative estimate of drug-likeness (QED) is 0.665. The SMILES string of the molecule is CC(C)C1[C@@H](C(=O)CCNC(c2ccccc2)c2ccccc2)C(=O)NC1(C)C. The van der Waals surface area contributed by atoms with Crippen LogP contribution < -0.4 is 10.6 Å². The largest absolute Gasteiger partial charge is 0.350 e. The van der Waals surface area contributed by atoms with Crippen LogP contribution >= 0.6 is 0 Å². The van der Waals surface area contributed by atoms with Crippen LogP contribution in [-0.2, 0) is 9.59 Å². The van der Waals surface area contributed by atoms with Crippen molar-refractivity contribution in [2.75, 3.05) is 6.54 Å². The maximum absolute atomic E-state index is 13.0. The maximum atomic E-state index is 13.0. The van der Waals surface area contributed by atoms with Crippen molar-refractivity contribution in [3.05, 3.63) is 71.8 Å². The number of nitrogens with one attached hydrogen (secondary N) is 2. The first kappa shape index (κ1) is 21.3. The van der Waals surface area contributed by atoms with Crippen molar-refractivity contribution in [2.45, 2.75) is 45.7 Å². The number of ketones is 1. The van der Waals surface area contributed by atoms with Crippen molar-refractivity contribution in [2.24, 2.45) is 17.8 Å². The molecule has 1 aliphatic heterocycles. The summed E-state index contributed by atoms with van der Waals surface area (Å²) in [6.07, 6.45) is 0.341. The fourth-order valence-corrected chi connectivity index (χ4v) is 4.84. The number of hydrogen-bond acceptors (Lipinski definition) is 3. The Bertz CT molecular complexity index is 791. The molecule has 3 rings (SSSR count). The topological polar surface area (TPSA) is 58.2 Å². The van der Waals surface area contributed by atoms with E-state index >= 15 is 0 Å². The average molecular weight is 393 g/mol. The van der Waals surface area contributed by atoms with Crippen molar-refractivity contribution < 1.29 is 9.59 Å². The van der Waals surface area contributed by atoms with Gasteiger partial charge in [-0.15, -0.1) is 0 Å². The van der Waals surface area contributed by atoms with Gasteiger partial charge in [0.1, 0.15) is 11.7 Å². The molecule has 2 aromatic rings. The van der Waals surface area contributed by atoms with Gasteiger partial charge in [0.2, 0.25) is 5.91 Å². The van der Waals surface area contributed by atoms with Crippen LogP contribution in [-0.4, -0.2) is 23.8 Å². The third kappa shape index (κ3) is 4.76. The van der Waals surface area contributed by atoms with Crippen LogP contribution in [0.2, 0.25) is 0 Å². The second-order valence-electron chi connectivity index (χ2n) is 8.88. The third-order valence-electron chi connectivity index (χ3n) is 5.97. The summed E-state index contributed by atoms with van der Waals surface area (Å²) >= 11 is 0. The van der Waals surface area contributed by atoms with Crippen molar-refractivity contribution in [1.82, 2.24) is 10.6 Å². The lowest BCUT2D eigenvalue weighted by molar-refractivity contribution is -0.133. The Kier molecular flexibility index (Phi) is 6.53. The molecule has 2 atom stereocenters. The smallest absolute Gasteiger partial charge is 0.231 e. The zero-order chi connectivity index (χ0) is 21.0. The predicted molar refractivity (Wildman–Crippen MR) is 116 cm³/mol. The van der Waals surface area contributed by atoms with Gasteiger partial charge in [0.25, 0.3) is 0 Å². The molecule has 2 N–H and O–H groups in total. The Hall–Kier alpha value is -2.46. The van der Waals surface area contributed by atoms with Gasteiger partial charge in [0.05, 0.1) is 6.04 Å². The Balaban J connectivity index is 1.70. The van der Waals surface area contributed by atoms with Crippen LogP contribution in [0, 0.1) is 17.8 Å². The van der Waals surface area contributed by atoms with Crippen LogP contribution in [0.15, 0.2) is 60.7 Å². The average Bonchev–Trinajstić information content (AvgIpc) is 2.95. The lowest BCUT2D eigenvalue weighted by Gasteiger charge is -2.31. The van der Waals surface area contributed by atoms with Gasteiger partial charge in [-0.25, -0.2) is 0 Å². The minimum Gasteiger partial charge on any atom is -0.350 e. The number of benzene rings is 2. The van der Waals surface area contributed by atoms with Gasteiger partial charge < -0.3 is 10.6 Å². The summed E-state index contributed by atoms with van der Waals surface area (Å²) in [6.45, 7) is 8.74. The molecule has 1 heterocycles. The van der Waals surface area contributed by atoms with Crippen LogP contribution in [0.5, 0.6) is 0 Å². The highest BCUT2D eigenvalue weighted by molar-refractivity contribution is 6.03. The normalized spacial score (nSPS) is 20.8. The standard InChI is InChI=1S/C25H32N2O2/c1-17(2)22-21(24(29)27-25(22,3)4)20(28)15-16-26-23(18-11-7-5-8-12-18)19-13-9-6-10-14-19/h5-14,17,21-23,26H,15-16H2,1-4H3,(H,27,29)/t21-,22?/m1/s1. The maximum Gasteiger partial charge on any atom is 0.231 e. The molecule has 0 bridgehead atoms. The lowest BCUT2D eigenvalue weighted by atomic mass is 9.73. The fourth-order valence-electron chi connectivity index (χ4n) is 4.84. The van der Waals surface area contributed by atoms with Gasteiger partial charge in [0, 0.05) is 24.4 Å². The first-order chi connectivity index (χ1) is 13.8. The van der Waals surface area contributed by atoms with E-state index in [2.05, 4.69) is 48.7 Å². The molecule has 0 saturated carbocycles. The molecule has 0 spiro atoms. The van der Waals surface area contributed by atoms with E-state index in [9.17, 15) is 9.59 Å². The van der Waals surface area contributed by atoms with E-state index in [1.54, 1.807) is 0 Å². The number of hydrogen-bond donors (Lipinski definition) is 2. The summed E-state index contributed by atoms with van der Waals surface area (Å²) in [7, 11) is 0. The molecule has 1 unspecified atom stereocenters. The second kappa shape index (κ2) is 8.91. The zero-order valence-corrected chi connectivity index (χ0v) is 17.8. The first-order valence-electron chi connectivity index (χ1n) is 10.5. The fraction of sp³-hybridized carbons (Fsp3) is 0.440. The van der Waals surface area contributed by atoms with E-state index in [1.165, 1.54) is 0 Å². The number of Topliss-reactive ketones (excluding diaryl/α,β-unsaturated/α-hetero) is 1. The van der Waals surface area contributed by atoms with Crippen molar-refractivity contribution in [3.63, 3.8) is 0 Å². The number of rotatable bonds is 8. The van der Waals surface area contributed by atoms with Gasteiger partial charge >= 0.3 is 0 Å². The Morgan fingerprint density at radius 2 is 1.52 bits per heavy atom. The zero-order valence-electron chi connectivity index (χ0n) is 17.8. The van der Waals surface area contributed by atoms with Crippen molar-refractivity contribution in [3.8, 4) is 0 Å². The molecule has 154 valence electrons. The lowest BCUT2D eigenvalue weighted by Crippen LogP contribution is -2.42. The van der Waals surface area contributed by atoms with Crippen molar-refractivity contribution >= 4 is 11.7 Å². The highest BCUT2D eigenvalue weighted by Crippen LogP contribution is 2.38. The van der Waals surface area contributed by atoms with Crippen molar-refractivity contribution in [1.29, 1.82) is 0 Å².